The summed E-state index contributed by atoms with van der Waals surface area (Å²) in [5.41, 5.74) is 0. The monoisotopic (exact) mass is 230 g/mol. The van der Waals surface area contributed by atoms with Crippen molar-refractivity contribution in [1.82, 2.24) is 5.32 Å². The second-order valence-electron chi connectivity index (χ2n) is 4.07. The molecule has 0 saturated heterocycles. The van der Waals surface area contributed by atoms with Crippen LogP contribution in [0.5, 0.6) is 0 Å². The van der Waals surface area contributed by atoms with Gasteiger partial charge in [-0.15, -0.1) is 0 Å². The molecule has 2 rings (SSSR count). The summed E-state index contributed by atoms with van der Waals surface area (Å²) in [6.45, 7) is 4.34. The van der Waals surface area contributed by atoms with Crippen molar-refractivity contribution in [1.29, 1.82) is 0 Å². The van der Waals surface area contributed by atoms with E-state index < -0.39 is 0 Å². The zero-order valence-electron chi connectivity index (χ0n) is 8.82. The van der Waals surface area contributed by atoms with Crippen molar-refractivity contribution < 1.29 is 0 Å². The molecular formula is C10H18N2S2. The highest BCUT2D eigenvalue weighted by Crippen LogP contribution is 2.41. The van der Waals surface area contributed by atoms with Crippen molar-refractivity contribution in [3.63, 3.8) is 0 Å². The molecule has 4 heteroatoms. The number of aliphatic imine (C=N–C) groups is 1. The maximum absolute atomic E-state index is 4.54. The summed E-state index contributed by atoms with van der Waals surface area (Å²) >= 11 is 3.86. The topological polar surface area (TPSA) is 24.4 Å². The number of thioether (sulfide) groups is 2. The van der Waals surface area contributed by atoms with Gasteiger partial charge in [0.25, 0.3) is 0 Å². The van der Waals surface area contributed by atoms with Gasteiger partial charge in [0.15, 0.2) is 5.17 Å². The van der Waals surface area contributed by atoms with Crippen LogP contribution in [0.1, 0.15) is 19.8 Å². The molecule has 0 amide bonds. The molecule has 2 nitrogen and oxygen atoms in total. The third-order valence-corrected chi connectivity index (χ3v) is 5.07. The lowest BCUT2D eigenvalue weighted by Crippen LogP contribution is -2.26. The Kier molecular flexibility index (Phi) is 3.66. The fourth-order valence-corrected chi connectivity index (χ4v) is 2.98. The van der Waals surface area contributed by atoms with Gasteiger partial charge in [-0.1, -0.05) is 18.7 Å². The Morgan fingerprint density at radius 2 is 2.43 bits per heavy atom. The maximum Gasteiger partial charge on any atom is 0.156 e. The van der Waals surface area contributed by atoms with E-state index in [1.54, 1.807) is 0 Å². The second kappa shape index (κ2) is 4.79. The quantitative estimate of drug-likeness (QED) is 0.801. The maximum atomic E-state index is 4.54. The van der Waals surface area contributed by atoms with Crippen LogP contribution in [0, 0.1) is 5.92 Å². The van der Waals surface area contributed by atoms with E-state index in [4.69, 9.17) is 0 Å². The van der Waals surface area contributed by atoms with Crippen molar-refractivity contribution in [3.8, 4) is 0 Å². The average molecular weight is 230 g/mol. The van der Waals surface area contributed by atoms with Gasteiger partial charge in [0.2, 0.25) is 0 Å². The first-order valence-electron chi connectivity index (χ1n) is 5.27. The Bertz CT molecular complexity index is 226. The summed E-state index contributed by atoms with van der Waals surface area (Å²) in [6.07, 6.45) is 5.02. The number of rotatable bonds is 4. The lowest BCUT2D eigenvalue weighted by molar-refractivity contribution is 0.771. The predicted molar refractivity (Wildman–Crippen MR) is 67.4 cm³/mol. The van der Waals surface area contributed by atoms with E-state index in [2.05, 4.69) is 23.5 Å². The fraction of sp³-hybridized carbons (Fsp3) is 0.900. The molecule has 1 N–H and O–H groups in total. The third-order valence-electron chi connectivity index (χ3n) is 2.77. The Morgan fingerprint density at radius 3 is 3.07 bits per heavy atom. The number of amidine groups is 1. The normalized spacial score (nSPS) is 28.7. The van der Waals surface area contributed by atoms with Crippen molar-refractivity contribution in [2.45, 2.75) is 30.3 Å². The minimum absolute atomic E-state index is 0.679. The molecule has 14 heavy (non-hydrogen) atoms. The Labute approximate surface area is 94.7 Å². The Morgan fingerprint density at radius 1 is 1.64 bits per heavy atom. The van der Waals surface area contributed by atoms with E-state index in [1.165, 1.54) is 18.0 Å². The SMILES string of the molecule is CSC(C)CNC1=NCC(C2CC2)S1. The van der Waals surface area contributed by atoms with Gasteiger partial charge in [0, 0.05) is 17.0 Å². The molecule has 0 spiro atoms. The first-order chi connectivity index (χ1) is 6.79. The summed E-state index contributed by atoms with van der Waals surface area (Å²) in [6, 6.07) is 0. The molecule has 0 aromatic heterocycles. The van der Waals surface area contributed by atoms with Crippen molar-refractivity contribution in [2.24, 2.45) is 10.9 Å². The summed E-state index contributed by atoms with van der Waals surface area (Å²) < 4.78 is 0. The van der Waals surface area contributed by atoms with E-state index in [9.17, 15) is 0 Å². The van der Waals surface area contributed by atoms with Crippen molar-refractivity contribution in [3.05, 3.63) is 0 Å². The molecule has 0 aromatic rings. The highest BCUT2D eigenvalue weighted by molar-refractivity contribution is 8.14. The van der Waals surface area contributed by atoms with Crippen LogP contribution >= 0.6 is 23.5 Å². The minimum atomic E-state index is 0.679. The second-order valence-corrected chi connectivity index (χ2v) is 6.57. The molecule has 2 atom stereocenters. The predicted octanol–water partition coefficient (Wildman–Crippen LogP) is 2.21. The van der Waals surface area contributed by atoms with Gasteiger partial charge in [-0.2, -0.15) is 11.8 Å². The smallest absolute Gasteiger partial charge is 0.156 e. The molecule has 1 saturated carbocycles. The van der Waals surface area contributed by atoms with Crippen LogP contribution in [0.4, 0.5) is 0 Å². The molecule has 2 aliphatic rings. The molecule has 1 aliphatic heterocycles. The lowest BCUT2D eigenvalue weighted by atomic mass is 10.3. The van der Waals surface area contributed by atoms with Crippen molar-refractivity contribution >= 4 is 28.7 Å². The summed E-state index contributed by atoms with van der Waals surface area (Å²) in [7, 11) is 0. The summed E-state index contributed by atoms with van der Waals surface area (Å²) in [5, 5.41) is 6.09. The van der Waals surface area contributed by atoms with Gasteiger partial charge in [-0.3, -0.25) is 4.99 Å². The van der Waals surface area contributed by atoms with E-state index in [1.807, 2.05) is 23.5 Å². The van der Waals surface area contributed by atoms with Crippen LogP contribution in [0.2, 0.25) is 0 Å². The van der Waals surface area contributed by atoms with Crippen LogP contribution in [0.15, 0.2) is 4.99 Å². The molecule has 0 aromatic carbocycles. The molecule has 2 unspecified atom stereocenters. The van der Waals surface area contributed by atoms with Gasteiger partial charge >= 0.3 is 0 Å². The largest absolute Gasteiger partial charge is 0.364 e. The van der Waals surface area contributed by atoms with Crippen LogP contribution in [-0.4, -0.2) is 35.0 Å². The number of hydrogen-bond acceptors (Lipinski definition) is 4. The van der Waals surface area contributed by atoms with Gasteiger partial charge in [-0.25, -0.2) is 0 Å². The highest BCUT2D eigenvalue weighted by Gasteiger charge is 2.35. The molecule has 0 bridgehead atoms. The van der Waals surface area contributed by atoms with Gasteiger partial charge < -0.3 is 5.32 Å². The zero-order chi connectivity index (χ0) is 9.97. The third kappa shape index (κ3) is 2.83. The lowest BCUT2D eigenvalue weighted by Gasteiger charge is -2.11. The van der Waals surface area contributed by atoms with E-state index >= 15 is 0 Å². The molecule has 1 aliphatic carbocycles. The van der Waals surface area contributed by atoms with E-state index in [0.717, 1.165) is 24.3 Å². The van der Waals surface area contributed by atoms with Crippen LogP contribution in [0.25, 0.3) is 0 Å². The Hall–Kier alpha value is 0.170. The highest BCUT2D eigenvalue weighted by atomic mass is 32.2. The van der Waals surface area contributed by atoms with Crippen LogP contribution < -0.4 is 5.32 Å². The van der Waals surface area contributed by atoms with Crippen LogP contribution in [0.3, 0.4) is 0 Å². The summed E-state index contributed by atoms with van der Waals surface area (Å²) in [4.78, 5) is 4.54. The number of nitrogens with one attached hydrogen (secondary N) is 1. The first-order valence-corrected chi connectivity index (χ1v) is 7.44. The minimum Gasteiger partial charge on any atom is -0.364 e. The van der Waals surface area contributed by atoms with Crippen LogP contribution in [-0.2, 0) is 0 Å². The van der Waals surface area contributed by atoms with Gasteiger partial charge in [0.1, 0.15) is 0 Å². The Balaban J connectivity index is 1.67. The molecule has 0 radical (unpaired) electrons. The van der Waals surface area contributed by atoms with E-state index in [0.29, 0.717) is 5.25 Å². The number of nitrogens with zero attached hydrogens (tertiary/aromatic N) is 1. The molecule has 1 fully saturated rings. The number of hydrogen-bond donors (Lipinski definition) is 1. The molecule has 1 heterocycles. The van der Waals surface area contributed by atoms with Gasteiger partial charge in [-0.05, 0) is 25.0 Å². The fourth-order valence-electron chi connectivity index (χ4n) is 1.52. The average Bonchev–Trinajstić information content (AvgIpc) is 2.95. The van der Waals surface area contributed by atoms with E-state index in [-0.39, 0.29) is 0 Å². The standard InChI is InChI=1S/C10H18N2S2/c1-7(13-2)5-11-10-12-6-9(14-10)8-3-4-8/h7-9H,3-6H2,1-2H3,(H,11,12). The molecular weight excluding hydrogens is 212 g/mol. The zero-order valence-corrected chi connectivity index (χ0v) is 10.5. The first kappa shape index (κ1) is 10.7. The molecule has 80 valence electrons. The summed E-state index contributed by atoms with van der Waals surface area (Å²) in [5.74, 6) is 0.973. The van der Waals surface area contributed by atoms with Gasteiger partial charge in [0.05, 0.1) is 6.54 Å². The van der Waals surface area contributed by atoms with Crippen molar-refractivity contribution in [2.75, 3.05) is 19.3 Å².